The summed E-state index contributed by atoms with van der Waals surface area (Å²) in [6.45, 7) is 9.41. The average Bonchev–Trinajstić information content (AvgIpc) is 2.78. The Bertz CT molecular complexity index is 656. The molecule has 3 aliphatic carbocycles. The third kappa shape index (κ3) is 2.55. The Kier molecular flexibility index (Phi) is 4.24. The van der Waals surface area contributed by atoms with E-state index in [1.165, 1.54) is 24.8 Å². The van der Waals surface area contributed by atoms with Gasteiger partial charge in [-0.1, -0.05) is 26.3 Å². The summed E-state index contributed by atoms with van der Waals surface area (Å²) in [4.78, 5) is 23.7. The summed E-state index contributed by atoms with van der Waals surface area (Å²) >= 11 is 0. The molecule has 3 fully saturated rings. The van der Waals surface area contributed by atoms with Crippen molar-refractivity contribution in [3.63, 3.8) is 0 Å². The van der Waals surface area contributed by atoms with Crippen LogP contribution in [-0.2, 0) is 14.3 Å². The second-order valence-electron chi connectivity index (χ2n) is 9.79. The van der Waals surface area contributed by atoms with Crippen LogP contribution in [-0.4, -0.2) is 24.5 Å². The molecule has 0 aromatic carbocycles. The lowest BCUT2D eigenvalue weighted by molar-refractivity contribution is -0.157. The minimum absolute atomic E-state index is 0.0865. The fourth-order valence-electron chi connectivity index (χ4n) is 7.34. The molecule has 1 N–H and O–H groups in total. The van der Waals surface area contributed by atoms with Gasteiger partial charge in [-0.2, -0.15) is 0 Å². The van der Waals surface area contributed by atoms with Crippen molar-refractivity contribution in [2.75, 3.05) is 6.54 Å². The first-order chi connectivity index (χ1) is 12.3. The Balaban J connectivity index is 1.67. The molecule has 0 spiro atoms. The lowest BCUT2D eigenvalue weighted by atomic mass is 9.46. The summed E-state index contributed by atoms with van der Waals surface area (Å²) in [5.41, 5.74) is 1.64. The lowest BCUT2D eigenvalue weighted by Crippen LogP contribution is -2.52. The minimum atomic E-state index is -0.137. The minimum Gasteiger partial charge on any atom is -0.462 e. The van der Waals surface area contributed by atoms with Crippen molar-refractivity contribution >= 4 is 11.9 Å². The molecule has 4 aliphatic rings. The number of amides is 1. The first-order valence-electron chi connectivity index (χ1n) is 10.4. The Morgan fingerprint density at radius 1 is 1.19 bits per heavy atom. The van der Waals surface area contributed by atoms with Crippen molar-refractivity contribution in [3.8, 4) is 0 Å². The van der Waals surface area contributed by atoms with E-state index in [9.17, 15) is 9.59 Å². The van der Waals surface area contributed by atoms with Crippen molar-refractivity contribution in [1.82, 2.24) is 5.32 Å². The fraction of sp³-hybridized carbons (Fsp3) is 0.818. The molecule has 1 aliphatic heterocycles. The molecule has 1 amide bonds. The lowest BCUT2D eigenvalue weighted by Gasteiger charge is -2.58. The largest absolute Gasteiger partial charge is 0.462 e. The highest BCUT2D eigenvalue weighted by atomic mass is 16.5. The number of allylic oxidation sites excluding steroid dienone is 1. The summed E-state index contributed by atoms with van der Waals surface area (Å²) in [6.07, 6.45) is 8.73. The Hall–Kier alpha value is -1.32. The predicted octanol–water partition coefficient (Wildman–Crippen LogP) is 3.85. The van der Waals surface area contributed by atoms with Crippen LogP contribution in [0.3, 0.4) is 0 Å². The first kappa shape index (κ1) is 18.1. The molecule has 7 atom stereocenters. The van der Waals surface area contributed by atoms with E-state index < -0.39 is 0 Å². The second kappa shape index (κ2) is 6.10. The van der Waals surface area contributed by atoms with Crippen LogP contribution in [0.15, 0.2) is 11.6 Å². The van der Waals surface area contributed by atoms with Crippen LogP contribution < -0.4 is 5.32 Å². The molecular weight excluding hydrogens is 326 g/mol. The van der Waals surface area contributed by atoms with Crippen molar-refractivity contribution in [1.29, 1.82) is 0 Å². The summed E-state index contributed by atoms with van der Waals surface area (Å²) in [5, 5.41) is 3.05. The standard InChI is InChI=1S/C22H33NO3/c1-13-11-15-16-5-6-19(26-14(2)24)22(16,4)8-7-17(15)21(3)9-10-23-20(25)12-18(13)21/h12-13,15-17,19H,5-11H2,1-4H3,(H,23,25)/t13?,15-,16-,17-,19?,21+,22-/m0/s1. The Morgan fingerprint density at radius 2 is 1.96 bits per heavy atom. The zero-order chi connectivity index (χ0) is 18.7. The molecular formula is C22H33NO3. The molecule has 4 rings (SSSR count). The maximum atomic E-state index is 12.1. The molecule has 0 aromatic rings. The van der Waals surface area contributed by atoms with Crippen LogP contribution in [0.25, 0.3) is 0 Å². The monoisotopic (exact) mass is 359 g/mol. The number of carbonyl (C=O) groups is 2. The molecule has 3 saturated carbocycles. The van der Waals surface area contributed by atoms with E-state index in [1.807, 2.05) is 6.08 Å². The van der Waals surface area contributed by atoms with Crippen molar-refractivity contribution in [2.24, 2.45) is 34.5 Å². The van der Waals surface area contributed by atoms with Gasteiger partial charge in [0.05, 0.1) is 0 Å². The van der Waals surface area contributed by atoms with Gasteiger partial charge in [-0.15, -0.1) is 0 Å². The average molecular weight is 360 g/mol. The molecule has 4 heteroatoms. The maximum absolute atomic E-state index is 12.1. The third-order valence-corrected chi connectivity index (χ3v) is 8.52. The van der Waals surface area contributed by atoms with Crippen molar-refractivity contribution in [3.05, 3.63) is 11.6 Å². The van der Waals surface area contributed by atoms with E-state index in [-0.39, 0.29) is 28.8 Å². The van der Waals surface area contributed by atoms with Gasteiger partial charge in [-0.25, -0.2) is 0 Å². The van der Waals surface area contributed by atoms with Gasteiger partial charge in [-0.05, 0) is 67.6 Å². The van der Waals surface area contributed by atoms with E-state index in [4.69, 9.17) is 4.74 Å². The summed E-state index contributed by atoms with van der Waals surface area (Å²) in [6, 6.07) is 0. The van der Waals surface area contributed by atoms with Crippen LogP contribution in [0.5, 0.6) is 0 Å². The number of hydrogen-bond acceptors (Lipinski definition) is 3. The van der Waals surface area contributed by atoms with Crippen LogP contribution in [0.2, 0.25) is 0 Å². The number of carbonyl (C=O) groups excluding carboxylic acids is 2. The number of rotatable bonds is 1. The number of esters is 1. The SMILES string of the molecule is CC(=O)OC1CC[C@H]2[C@@H]3CC(C)C4=CC(=O)NCC[C@]4(C)[C@H]3CC[C@]12C. The van der Waals surface area contributed by atoms with E-state index in [2.05, 4.69) is 26.1 Å². The van der Waals surface area contributed by atoms with E-state index in [0.717, 1.165) is 25.8 Å². The van der Waals surface area contributed by atoms with Gasteiger partial charge in [-0.3, -0.25) is 9.59 Å². The zero-order valence-corrected chi connectivity index (χ0v) is 16.6. The molecule has 26 heavy (non-hydrogen) atoms. The van der Waals surface area contributed by atoms with Gasteiger partial charge in [0.15, 0.2) is 0 Å². The van der Waals surface area contributed by atoms with Crippen molar-refractivity contribution < 1.29 is 14.3 Å². The highest BCUT2D eigenvalue weighted by molar-refractivity contribution is 5.89. The van der Waals surface area contributed by atoms with Gasteiger partial charge in [0, 0.05) is 25.0 Å². The highest BCUT2D eigenvalue weighted by Gasteiger charge is 2.60. The van der Waals surface area contributed by atoms with Gasteiger partial charge in [0.1, 0.15) is 6.10 Å². The molecule has 0 bridgehead atoms. The van der Waals surface area contributed by atoms with Crippen LogP contribution in [0.1, 0.15) is 66.2 Å². The summed E-state index contributed by atoms with van der Waals surface area (Å²) in [5.74, 6) is 2.37. The second-order valence-corrected chi connectivity index (χ2v) is 9.79. The molecule has 4 nitrogen and oxygen atoms in total. The number of ether oxygens (including phenoxy) is 1. The maximum Gasteiger partial charge on any atom is 0.302 e. The van der Waals surface area contributed by atoms with Crippen LogP contribution in [0, 0.1) is 34.5 Å². The molecule has 0 aromatic heterocycles. The molecule has 1 heterocycles. The number of hydrogen-bond donors (Lipinski definition) is 1. The van der Waals surface area contributed by atoms with E-state index >= 15 is 0 Å². The fourth-order valence-corrected chi connectivity index (χ4v) is 7.34. The first-order valence-corrected chi connectivity index (χ1v) is 10.4. The number of fused-ring (bicyclic) bond motifs is 5. The summed E-state index contributed by atoms with van der Waals surface area (Å²) < 4.78 is 5.75. The molecule has 0 radical (unpaired) electrons. The summed E-state index contributed by atoms with van der Waals surface area (Å²) in [7, 11) is 0. The van der Waals surface area contributed by atoms with Crippen LogP contribution in [0.4, 0.5) is 0 Å². The highest BCUT2D eigenvalue weighted by Crippen LogP contribution is 2.65. The zero-order valence-electron chi connectivity index (χ0n) is 16.6. The Morgan fingerprint density at radius 3 is 2.69 bits per heavy atom. The van der Waals surface area contributed by atoms with E-state index in [1.54, 1.807) is 6.92 Å². The van der Waals surface area contributed by atoms with Gasteiger partial charge in [0.25, 0.3) is 0 Å². The van der Waals surface area contributed by atoms with E-state index in [0.29, 0.717) is 23.7 Å². The predicted molar refractivity (Wildman–Crippen MR) is 100 cm³/mol. The smallest absolute Gasteiger partial charge is 0.302 e. The van der Waals surface area contributed by atoms with Gasteiger partial charge in [0.2, 0.25) is 5.91 Å². The molecule has 2 unspecified atom stereocenters. The molecule has 0 saturated heterocycles. The van der Waals surface area contributed by atoms with Gasteiger partial charge >= 0.3 is 5.97 Å². The molecule has 144 valence electrons. The number of nitrogens with one attached hydrogen (secondary N) is 1. The van der Waals surface area contributed by atoms with Crippen molar-refractivity contribution in [2.45, 2.75) is 72.3 Å². The van der Waals surface area contributed by atoms with Gasteiger partial charge < -0.3 is 10.1 Å². The topological polar surface area (TPSA) is 55.4 Å². The quantitative estimate of drug-likeness (QED) is 0.724. The Labute approximate surface area is 157 Å². The third-order valence-electron chi connectivity index (χ3n) is 8.52. The van der Waals surface area contributed by atoms with Crippen LogP contribution >= 0.6 is 0 Å². The normalized spacial score (nSPS) is 47.6.